The van der Waals surface area contributed by atoms with Crippen molar-refractivity contribution in [2.24, 2.45) is 9.98 Å². The molecule has 1 heterocycles. The standard InChI is InChI=1S/C27H39N3O2S/c1-3-4-19-32-23-15-13-21(14-16-23)25-26(29-27(28-25)17-9-6-10-18-27)33-20-24(31)30(2)22-11-7-5-8-12-22/h13-16,22H,3-12,17-20H2,1-2H3. The van der Waals surface area contributed by atoms with E-state index in [1.807, 2.05) is 24.1 Å². The molecule has 0 aromatic heterocycles. The van der Waals surface area contributed by atoms with Crippen molar-refractivity contribution in [2.45, 2.75) is 95.7 Å². The Kier molecular flexibility index (Phi) is 8.50. The molecule has 0 bridgehead atoms. The van der Waals surface area contributed by atoms with Gasteiger partial charge in [0.2, 0.25) is 5.91 Å². The monoisotopic (exact) mass is 469 g/mol. The van der Waals surface area contributed by atoms with Crippen LogP contribution in [-0.4, -0.2) is 52.7 Å². The second-order valence-electron chi connectivity index (χ2n) is 9.73. The third-order valence-corrected chi connectivity index (χ3v) is 8.18. The average molecular weight is 470 g/mol. The molecule has 1 spiro atoms. The van der Waals surface area contributed by atoms with Crippen molar-refractivity contribution in [2.75, 3.05) is 19.4 Å². The highest BCUT2D eigenvalue weighted by molar-refractivity contribution is 8.16. The maximum Gasteiger partial charge on any atom is 0.232 e. The molecule has 3 aliphatic rings. The molecule has 0 N–H and O–H groups in total. The van der Waals surface area contributed by atoms with Gasteiger partial charge in [-0.1, -0.05) is 50.8 Å². The van der Waals surface area contributed by atoms with Crippen molar-refractivity contribution in [3.63, 3.8) is 0 Å². The summed E-state index contributed by atoms with van der Waals surface area (Å²) in [6.07, 6.45) is 13.9. The molecule has 0 unspecified atom stereocenters. The van der Waals surface area contributed by atoms with Gasteiger partial charge < -0.3 is 9.64 Å². The third-order valence-electron chi connectivity index (χ3n) is 7.23. The Morgan fingerprint density at radius 1 is 1.06 bits per heavy atom. The summed E-state index contributed by atoms with van der Waals surface area (Å²) < 4.78 is 5.84. The van der Waals surface area contributed by atoms with Crippen LogP contribution in [0.3, 0.4) is 0 Å². The molecule has 2 fully saturated rings. The molecule has 2 saturated carbocycles. The minimum Gasteiger partial charge on any atom is -0.494 e. The molecule has 1 aliphatic heterocycles. The van der Waals surface area contributed by atoms with Crippen LogP contribution >= 0.6 is 11.8 Å². The summed E-state index contributed by atoms with van der Waals surface area (Å²) in [6, 6.07) is 8.64. The summed E-state index contributed by atoms with van der Waals surface area (Å²) in [6.45, 7) is 2.92. The molecular weight excluding hydrogens is 430 g/mol. The number of carbonyl (C=O) groups is 1. The number of unbranched alkanes of at least 4 members (excludes halogenated alkanes) is 1. The fourth-order valence-electron chi connectivity index (χ4n) is 5.10. The Hall–Kier alpha value is -1.82. The van der Waals surface area contributed by atoms with E-state index in [0.29, 0.717) is 11.8 Å². The van der Waals surface area contributed by atoms with Gasteiger partial charge in [-0.15, -0.1) is 0 Å². The number of thioether (sulfide) groups is 1. The molecular formula is C27H39N3O2S. The molecule has 33 heavy (non-hydrogen) atoms. The molecule has 0 atom stereocenters. The predicted octanol–water partition coefficient (Wildman–Crippen LogP) is 6.25. The Bertz CT molecular complexity index is 853. The quantitative estimate of drug-likeness (QED) is 0.423. The van der Waals surface area contributed by atoms with Gasteiger partial charge in [0.15, 0.2) is 5.66 Å². The predicted molar refractivity (Wildman–Crippen MR) is 139 cm³/mol. The van der Waals surface area contributed by atoms with E-state index < -0.39 is 0 Å². The van der Waals surface area contributed by atoms with Crippen molar-refractivity contribution in [3.05, 3.63) is 29.8 Å². The van der Waals surface area contributed by atoms with E-state index in [-0.39, 0.29) is 11.6 Å². The number of ether oxygens (including phenoxy) is 1. The van der Waals surface area contributed by atoms with Gasteiger partial charge in [0.05, 0.1) is 18.1 Å². The van der Waals surface area contributed by atoms with Crippen LogP contribution in [0.25, 0.3) is 0 Å². The zero-order valence-electron chi connectivity index (χ0n) is 20.4. The lowest BCUT2D eigenvalue weighted by Gasteiger charge is -2.31. The molecule has 5 nitrogen and oxygen atoms in total. The summed E-state index contributed by atoms with van der Waals surface area (Å²) in [4.78, 5) is 25.3. The molecule has 1 aromatic carbocycles. The van der Waals surface area contributed by atoms with Crippen LogP contribution < -0.4 is 4.74 Å². The summed E-state index contributed by atoms with van der Waals surface area (Å²) in [7, 11) is 1.98. The number of carbonyl (C=O) groups excluding carboxylic acids is 1. The lowest BCUT2D eigenvalue weighted by Crippen LogP contribution is -2.39. The number of benzene rings is 1. The summed E-state index contributed by atoms with van der Waals surface area (Å²) in [5.74, 6) is 1.53. The Balaban J connectivity index is 1.45. The highest BCUT2D eigenvalue weighted by Gasteiger charge is 2.38. The van der Waals surface area contributed by atoms with Crippen LogP contribution in [-0.2, 0) is 4.79 Å². The fourth-order valence-corrected chi connectivity index (χ4v) is 6.10. The van der Waals surface area contributed by atoms with Gasteiger partial charge in [0.1, 0.15) is 10.8 Å². The van der Waals surface area contributed by atoms with E-state index >= 15 is 0 Å². The topological polar surface area (TPSA) is 54.3 Å². The van der Waals surface area contributed by atoms with Crippen molar-refractivity contribution in [1.82, 2.24) is 4.90 Å². The Morgan fingerprint density at radius 3 is 2.45 bits per heavy atom. The first-order valence-corrected chi connectivity index (χ1v) is 13.9. The number of aliphatic imine (C=N–C) groups is 2. The van der Waals surface area contributed by atoms with Gasteiger partial charge in [-0.2, -0.15) is 0 Å². The van der Waals surface area contributed by atoms with Gasteiger partial charge >= 0.3 is 0 Å². The minimum absolute atomic E-state index is 0.207. The van der Waals surface area contributed by atoms with E-state index in [1.165, 1.54) is 38.5 Å². The Morgan fingerprint density at radius 2 is 1.76 bits per heavy atom. The largest absolute Gasteiger partial charge is 0.494 e. The number of nitrogens with zero attached hydrogens (tertiary/aromatic N) is 3. The lowest BCUT2D eigenvalue weighted by atomic mass is 9.90. The van der Waals surface area contributed by atoms with Gasteiger partial charge in [-0.3, -0.25) is 9.79 Å². The number of rotatable bonds is 8. The molecule has 2 aliphatic carbocycles. The maximum absolute atomic E-state index is 13.0. The first-order chi connectivity index (χ1) is 16.1. The second-order valence-corrected chi connectivity index (χ2v) is 10.7. The van der Waals surface area contributed by atoms with E-state index in [2.05, 4.69) is 19.1 Å². The number of hydrogen-bond acceptors (Lipinski definition) is 5. The van der Waals surface area contributed by atoms with Crippen LogP contribution in [0, 0.1) is 0 Å². The maximum atomic E-state index is 13.0. The van der Waals surface area contributed by atoms with E-state index in [1.54, 1.807) is 11.8 Å². The summed E-state index contributed by atoms with van der Waals surface area (Å²) in [5, 5.41) is 0.932. The SMILES string of the molecule is CCCCOc1ccc(C2=NC3(CCCCC3)N=C2SCC(=O)N(C)C2CCCCC2)cc1. The highest BCUT2D eigenvalue weighted by Crippen LogP contribution is 2.39. The molecule has 6 heteroatoms. The molecule has 0 radical (unpaired) electrons. The van der Waals surface area contributed by atoms with Crippen molar-refractivity contribution >= 4 is 28.4 Å². The van der Waals surface area contributed by atoms with Gasteiger partial charge in [-0.05, 0) is 69.2 Å². The number of amides is 1. The zero-order chi connectivity index (χ0) is 23.1. The fraction of sp³-hybridized carbons (Fsp3) is 0.667. The first-order valence-electron chi connectivity index (χ1n) is 12.9. The van der Waals surface area contributed by atoms with E-state index in [4.69, 9.17) is 14.7 Å². The molecule has 1 aromatic rings. The van der Waals surface area contributed by atoms with Crippen LogP contribution in [0.15, 0.2) is 34.3 Å². The van der Waals surface area contributed by atoms with Crippen LogP contribution in [0.5, 0.6) is 5.75 Å². The smallest absolute Gasteiger partial charge is 0.232 e. The van der Waals surface area contributed by atoms with E-state index in [9.17, 15) is 4.79 Å². The van der Waals surface area contributed by atoms with Gasteiger partial charge in [0, 0.05) is 18.7 Å². The minimum atomic E-state index is -0.315. The van der Waals surface area contributed by atoms with Crippen molar-refractivity contribution in [1.29, 1.82) is 0 Å². The zero-order valence-corrected chi connectivity index (χ0v) is 21.2. The van der Waals surface area contributed by atoms with Gasteiger partial charge in [-0.25, -0.2) is 4.99 Å². The van der Waals surface area contributed by atoms with Gasteiger partial charge in [0.25, 0.3) is 0 Å². The van der Waals surface area contributed by atoms with E-state index in [0.717, 1.165) is 67.2 Å². The highest BCUT2D eigenvalue weighted by atomic mass is 32.2. The van der Waals surface area contributed by atoms with Crippen LogP contribution in [0.2, 0.25) is 0 Å². The summed E-state index contributed by atoms with van der Waals surface area (Å²) in [5.41, 5.74) is 1.71. The molecule has 1 amide bonds. The third kappa shape index (κ3) is 6.20. The average Bonchev–Trinajstić information content (AvgIpc) is 3.21. The van der Waals surface area contributed by atoms with Crippen LogP contribution in [0.4, 0.5) is 0 Å². The first kappa shape index (κ1) is 24.3. The number of hydrogen-bond donors (Lipinski definition) is 0. The summed E-state index contributed by atoms with van der Waals surface area (Å²) >= 11 is 1.57. The normalized spacial score (nSPS) is 20.4. The molecule has 180 valence electrons. The second kappa shape index (κ2) is 11.5. The molecule has 0 saturated heterocycles. The Labute approximate surface area is 203 Å². The van der Waals surface area contributed by atoms with Crippen LogP contribution in [0.1, 0.15) is 89.5 Å². The molecule has 4 rings (SSSR count). The van der Waals surface area contributed by atoms with Crippen molar-refractivity contribution in [3.8, 4) is 5.75 Å². The van der Waals surface area contributed by atoms with Crippen molar-refractivity contribution < 1.29 is 9.53 Å². The lowest BCUT2D eigenvalue weighted by molar-refractivity contribution is -0.129.